The summed E-state index contributed by atoms with van der Waals surface area (Å²) in [6, 6.07) is 4.26. The van der Waals surface area contributed by atoms with Gasteiger partial charge in [-0.1, -0.05) is 11.6 Å². The summed E-state index contributed by atoms with van der Waals surface area (Å²) in [6.45, 7) is 1.73. The molecule has 1 aliphatic carbocycles. The molecule has 0 radical (unpaired) electrons. The van der Waals surface area contributed by atoms with Gasteiger partial charge in [-0.3, -0.25) is 4.79 Å². The van der Waals surface area contributed by atoms with Crippen molar-refractivity contribution in [2.45, 2.75) is 30.9 Å². The molecule has 1 aliphatic rings. The minimum absolute atomic E-state index is 0.306. The molecule has 1 heterocycles. The Balaban J connectivity index is 1.78. The first-order chi connectivity index (χ1) is 11.6. The highest BCUT2D eigenvalue weighted by Crippen LogP contribution is 2.44. The van der Waals surface area contributed by atoms with Crippen LogP contribution in [0, 0.1) is 12.7 Å². The van der Waals surface area contributed by atoms with Crippen molar-refractivity contribution in [1.29, 1.82) is 0 Å². The van der Waals surface area contributed by atoms with Crippen LogP contribution in [-0.2, 0) is 21.1 Å². The molecule has 1 fully saturated rings. The van der Waals surface area contributed by atoms with Gasteiger partial charge in [0, 0.05) is 17.7 Å². The number of carbonyl (C=O) groups is 1. The zero-order valence-corrected chi connectivity index (χ0v) is 16.0. The van der Waals surface area contributed by atoms with Gasteiger partial charge >= 0.3 is 0 Å². The van der Waals surface area contributed by atoms with E-state index in [4.69, 9.17) is 11.6 Å². The van der Waals surface area contributed by atoms with Gasteiger partial charge in [0.15, 0.2) is 14.6 Å². The molecule has 9 heteroatoms. The second kappa shape index (κ2) is 6.34. The number of carbonyl (C=O) groups excluding carboxylic acids is 1. The molecular formula is C16H16ClFN2O3S2. The van der Waals surface area contributed by atoms with E-state index in [2.05, 4.69) is 10.3 Å². The van der Waals surface area contributed by atoms with Crippen LogP contribution in [0.5, 0.6) is 0 Å². The minimum atomic E-state index is -3.46. The van der Waals surface area contributed by atoms with Gasteiger partial charge in [0.25, 0.3) is 0 Å². The Morgan fingerprint density at radius 2 is 2.08 bits per heavy atom. The zero-order chi connectivity index (χ0) is 18.4. The van der Waals surface area contributed by atoms with Crippen LogP contribution >= 0.6 is 22.9 Å². The van der Waals surface area contributed by atoms with Crippen LogP contribution in [0.4, 0.5) is 9.39 Å². The fraction of sp³-hybridized carbons (Fsp3) is 0.375. The smallest absolute Gasteiger partial charge is 0.246 e. The average Bonchev–Trinajstić information content (AvgIpc) is 3.20. The Morgan fingerprint density at radius 1 is 1.40 bits per heavy atom. The van der Waals surface area contributed by atoms with Crippen molar-refractivity contribution in [3.63, 3.8) is 0 Å². The predicted octanol–water partition coefficient (Wildman–Crippen LogP) is 3.35. The van der Waals surface area contributed by atoms with Crippen molar-refractivity contribution in [1.82, 2.24) is 4.98 Å². The molecule has 2 aromatic rings. The van der Waals surface area contributed by atoms with Crippen molar-refractivity contribution in [3.8, 4) is 0 Å². The van der Waals surface area contributed by atoms with Gasteiger partial charge in [0.2, 0.25) is 5.91 Å². The number of hydrogen-bond donors (Lipinski definition) is 1. The first-order valence-electron chi connectivity index (χ1n) is 7.53. The van der Waals surface area contributed by atoms with Gasteiger partial charge in [0.1, 0.15) is 10.8 Å². The largest absolute Gasteiger partial charge is 0.315 e. The molecule has 25 heavy (non-hydrogen) atoms. The van der Waals surface area contributed by atoms with E-state index in [9.17, 15) is 17.6 Å². The lowest BCUT2D eigenvalue weighted by Crippen LogP contribution is -2.36. The van der Waals surface area contributed by atoms with Crippen molar-refractivity contribution in [2.24, 2.45) is 0 Å². The maximum atomic E-state index is 13.4. The molecule has 0 saturated heterocycles. The summed E-state index contributed by atoms with van der Waals surface area (Å²) < 4.78 is 35.8. The third-order valence-electron chi connectivity index (χ3n) is 4.17. The van der Waals surface area contributed by atoms with E-state index in [1.165, 1.54) is 23.5 Å². The van der Waals surface area contributed by atoms with Crippen LogP contribution in [0.3, 0.4) is 0 Å². The second-order valence-electron chi connectivity index (χ2n) is 6.20. The Bertz CT molecular complexity index is 932. The number of anilines is 1. The summed E-state index contributed by atoms with van der Waals surface area (Å²) in [5.74, 6) is -0.935. The van der Waals surface area contributed by atoms with Crippen LogP contribution in [0.15, 0.2) is 18.2 Å². The van der Waals surface area contributed by atoms with Crippen molar-refractivity contribution in [2.75, 3.05) is 11.6 Å². The average molecular weight is 403 g/mol. The molecule has 1 saturated carbocycles. The molecule has 0 spiro atoms. The molecule has 0 aliphatic heterocycles. The molecule has 5 nitrogen and oxygen atoms in total. The second-order valence-corrected chi connectivity index (χ2v) is 10.0. The number of sulfone groups is 1. The Hall–Kier alpha value is -1.51. The number of amides is 1. The van der Waals surface area contributed by atoms with E-state index < -0.39 is 26.3 Å². The summed E-state index contributed by atoms with van der Waals surface area (Å²) in [5, 5.41) is 4.18. The fourth-order valence-electron chi connectivity index (χ4n) is 2.63. The van der Waals surface area contributed by atoms with Crippen LogP contribution in [0.2, 0.25) is 5.02 Å². The monoisotopic (exact) mass is 402 g/mol. The Morgan fingerprint density at radius 3 is 2.64 bits per heavy atom. The minimum Gasteiger partial charge on any atom is -0.315 e. The topological polar surface area (TPSA) is 76.1 Å². The summed E-state index contributed by atoms with van der Waals surface area (Å²) in [4.78, 5) is 16.7. The number of aromatic nitrogens is 1. The molecule has 0 unspecified atom stereocenters. The van der Waals surface area contributed by atoms with Gasteiger partial charge in [-0.2, -0.15) is 0 Å². The third kappa shape index (κ3) is 3.70. The number of aryl methyl sites for hydroxylation is 1. The van der Waals surface area contributed by atoms with Crippen molar-refractivity contribution in [3.05, 3.63) is 45.3 Å². The van der Waals surface area contributed by atoms with E-state index in [0.29, 0.717) is 45.6 Å². The highest BCUT2D eigenvalue weighted by Gasteiger charge is 2.58. The fourth-order valence-corrected chi connectivity index (χ4v) is 5.10. The molecule has 1 aromatic carbocycles. The first-order valence-corrected chi connectivity index (χ1v) is 10.6. The number of thiazole rings is 1. The molecule has 1 N–H and O–H groups in total. The van der Waals surface area contributed by atoms with Crippen molar-refractivity contribution >= 4 is 43.7 Å². The number of halogens is 2. The first kappa shape index (κ1) is 18.3. The molecule has 3 rings (SSSR count). The molecule has 0 atom stereocenters. The maximum Gasteiger partial charge on any atom is 0.246 e. The maximum absolute atomic E-state index is 13.4. The van der Waals surface area contributed by atoms with E-state index >= 15 is 0 Å². The molecule has 1 amide bonds. The van der Waals surface area contributed by atoms with Gasteiger partial charge in [-0.25, -0.2) is 17.8 Å². The Kier molecular flexibility index (Phi) is 4.63. The number of nitrogens with one attached hydrogen (secondary N) is 1. The van der Waals surface area contributed by atoms with Crippen LogP contribution in [-0.4, -0.2) is 30.3 Å². The van der Waals surface area contributed by atoms with Gasteiger partial charge in [0.05, 0.1) is 10.7 Å². The number of hydrogen-bond acceptors (Lipinski definition) is 5. The van der Waals surface area contributed by atoms with Crippen molar-refractivity contribution < 1.29 is 17.6 Å². The summed E-state index contributed by atoms with van der Waals surface area (Å²) in [5.41, 5.74) is 1.27. The lowest BCUT2D eigenvalue weighted by atomic mass is 10.1. The summed E-state index contributed by atoms with van der Waals surface area (Å²) in [6.07, 6.45) is 2.13. The highest BCUT2D eigenvalue weighted by atomic mass is 35.5. The van der Waals surface area contributed by atoms with Gasteiger partial charge in [-0.15, -0.1) is 11.3 Å². The SMILES string of the molecule is Cc1nc(Cc2cc(F)cc(Cl)c2)sc1NC(=O)C1(S(C)(=O)=O)CC1. The number of benzene rings is 1. The molecule has 0 bridgehead atoms. The Labute approximate surface area is 154 Å². The van der Waals surface area contributed by atoms with Crippen LogP contribution in [0.25, 0.3) is 0 Å². The van der Waals surface area contributed by atoms with E-state index in [0.717, 1.165) is 6.26 Å². The van der Waals surface area contributed by atoms with Gasteiger partial charge in [-0.05, 0) is 43.5 Å². The van der Waals surface area contributed by atoms with Crippen LogP contribution < -0.4 is 5.32 Å². The lowest BCUT2D eigenvalue weighted by molar-refractivity contribution is -0.116. The summed E-state index contributed by atoms with van der Waals surface area (Å²) >= 11 is 7.10. The molecular weight excluding hydrogens is 387 g/mol. The number of rotatable bonds is 5. The third-order valence-corrected chi connectivity index (χ3v) is 7.48. The van der Waals surface area contributed by atoms with Gasteiger partial charge < -0.3 is 5.32 Å². The standard InChI is InChI=1S/C16H16ClFN2O3S2/c1-9-14(20-15(21)16(3-4-16)25(2,22)23)24-13(19-9)7-10-5-11(17)8-12(18)6-10/h5-6,8H,3-4,7H2,1-2H3,(H,20,21). The van der Waals surface area contributed by atoms with E-state index in [1.807, 2.05) is 0 Å². The van der Waals surface area contributed by atoms with E-state index in [-0.39, 0.29) is 0 Å². The molecule has 134 valence electrons. The zero-order valence-electron chi connectivity index (χ0n) is 13.6. The predicted molar refractivity (Wildman–Crippen MR) is 96.5 cm³/mol. The van der Waals surface area contributed by atoms with Crippen LogP contribution in [0.1, 0.15) is 29.1 Å². The molecule has 1 aromatic heterocycles. The summed E-state index contributed by atoms with van der Waals surface area (Å²) in [7, 11) is -3.46. The van der Waals surface area contributed by atoms with E-state index in [1.54, 1.807) is 13.0 Å². The normalized spacial score (nSPS) is 15.8. The quantitative estimate of drug-likeness (QED) is 0.832. The highest BCUT2D eigenvalue weighted by molar-refractivity contribution is 7.93. The lowest BCUT2D eigenvalue weighted by Gasteiger charge is -2.12. The number of nitrogens with zero attached hydrogens (tertiary/aromatic N) is 1.